The summed E-state index contributed by atoms with van der Waals surface area (Å²) >= 11 is 0. The molecule has 0 spiro atoms. The second-order valence-electron chi connectivity index (χ2n) is 22.4. The number of hydrogen-bond acceptors (Lipinski definition) is 6. The Bertz CT molecular complexity index is 1120. The van der Waals surface area contributed by atoms with Crippen molar-refractivity contribution in [2.24, 2.45) is 0 Å². The molecule has 1 atom stereocenters. The molecule has 426 valence electrons. The minimum Gasteiger partial charge on any atom is -0.462 e. The summed E-state index contributed by atoms with van der Waals surface area (Å²) < 4.78 is 16.9. The highest BCUT2D eigenvalue weighted by molar-refractivity contribution is 5.71. The van der Waals surface area contributed by atoms with E-state index in [1.54, 1.807) is 0 Å². The standard InChI is InChI=1S/C66H126O6/c1-4-7-10-13-16-19-22-24-26-28-30-31-32-33-34-36-37-39-41-44-47-50-53-56-59-65(68)71-62-63(61-70-64(67)58-55-52-49-46-43-21-18-15-12-9-6-3)72-66(69)60-57-54-51-48-45-42-40-38-35-29-27-25-23-20-17-14-11-8-5-2/h25,27,63H,4-24,26,28-62H2,1-3H3/b27-25-. The van der Waals surface area contributed by atoms with Gasteiger partial charge in [0.05, 0.1) is 0 Å². The van der Waals surface area contributed by atoms with Gasteiger partial charge in [-0.3, -0.25) is 14.4 Å². The highest BCUT2D eigenvalue weighted by Crippen LogP contribution is 2.18. The van der Waals surface area contributed by atoms with Gasteiger partial charge in [-0.25, -0.2) is 0 Å². The van der Waals surface area contributed by atoms with Gasteiger partial charge >= 0.3 is 17.9 Å². The molecule has 0 heterocycles. The Morgan fingerprint density at radius 2 is 0.458 bits per heavy atom. The van der Waals surface area contributed by atoms with Crippen molar-refractivity contribution in [2.45, 2.75) is 380 Å². The number of carbonyl (C=O) groups excluding carboxylic acids is 3. The van der Waals surface area contributed by atoms with Crippen LogP contribution in [0.25, 0.3) is 0 Å². The number of rotatable bonds is 61. The van der Waals surface area contributed by atoms with Crippen molar-refractivity contribution in [1.82, 2.24) is 0 Å². The summed E-state index contributed by atoms with van der Waals surface area (Å²) in [4.78, 5) is 38.2. The number of hydrogen-bond donors (Lipinski definition) is 0. The van der Waals surface area contributed by atoms with Crippen LogP contribution in [-0.2, 0) is 28.6 Å². The van der Waals surface area contributed by atoms with Crippen LogP contribution in [-0.4, -0.2) is 37.2 Å². The lowest BCUT2D eigenvalue weighted by Crippen LogP contribution is -2.30. The Hall–Kier alpha value is -1.85. The first kappa shape index (κ1) is 70.1. The number of carbonyl (C=O) groups is 3. The van der Waals surface area contributed by atoms with Crippen molar-refractivity contribution in [3.05, 3.63) is 12.2 Å². The van der Waals surface area contributed by atoms with Gasteiger partial charge in [-0.1, -0.05) is 322 Å². The lowest BCUT2D eigenvalue weighted by Gasteiger charge is -2.18. The Kier molecular flexibility index (Phi) is 60.1. The van der Waals surface area contributed by atoms with E-state index in [-0.39, 0.29) is 31.1 Å². The molecule has 0 bridgehead atoms. The number of allylic oxidation sites excluding steroid dienone is 2. The average molecular weight is 1020 g/mol. The van der Waals surface area contributed by atoms with Crippen LogP contribution in [0.2, 0.25) is 0 Å². The highest BCUT2D eigenvalue weighted by Gasteiger charge is 2.19. The molecule has 6 nitrogen and oxygen atoms in total. The van der Waals surface area contributed by atoms with Crippen molar-refractivity contribution in [2.75, 3.05) is 13.2 Å². The summed E-state index contributed by atoms with van der Waals surface area (Å²) in [7, 11) is 0. The number of ether oxygens (including phenoxy) is 3. The second kappa shape index (κ2) is 61.7. The fourth-order valence-electron chi connectivity index (χ4n) is 10.1. The van der Waals surface area contributed by atoms with E-state index in [1.165, 1.54) is 276 Å². The van der Waals surface area contributed by atoms with Gasteiger partial charge in [-0.05, 0) is 44.9 Å². The van der Waals surface area contributed by atoms with Gasteiger partial charge in [-0.15, -0.1) is 0 Å². The van der Waals surface area contributed by atoms with E-state index >= 15 is 0 Å². The van der Waals surface area contributed by atoms with Gasteiger partial charge in [0, 0.05) is 19.3 Å². The van der Waals surface area contributed by atoms with Crippen molar-refractivity contribution in [1.29, 1.82) is 0 Å². The molecule has 0 amide bonds. The minimum atomic E-state index is -0.766. The Labute approximate surface area is 450 Å². The van der Waals surface area contributed by atoms with Gasteiger partial charge in [0.1, 0.15) is 13.2 Å². The maximum absolute atomic E-state index is 12.9. The molecule has 0 aliphatic heterocycles. The SMILES string of the molecule is CCCCCCCC/C=C\CCCCCCCCCCCC(=O)OC(COC(=O)CCCCCCCCCCCCC)COC(=O)CCCCCCCCCCCCCCCCCCCCCCCCCC. The molecular weight excluding hydrogens is 889 g/mol. The molecule has 0 N–H and O–H groups in total. The predicted molar refractivity (Wildman–Crippen MR) is 312 cm³/mol. The smallest absolute Gasteiger partial charge is 0.306 e. The summed E-state index contributed by atoms with van der Waals surface area (Å²) in [5, 5.41) is 0. The minimum absolute atomic E-state index is 0.0643. The predicted octanol–water partition coefficient (Wildman–Crippen LogP) is 22.1. The van der Waals surface area contributed by atoms with Gasteiger partial charge in [-0.2, -0.15) is 0 Å². The molecule has 72 heavy (non-hydrogen) atoms. The number of esters is 3. The molecule has 0 rings (SSSR count). The molecular formula is C66H126O6. The van der Waals surface area contributed by atoms with E-state index in [1.807, 2.05) is 0 Å². The van der Waals surface area contributed by atoms with Crippen molar-refractivity contribution in [3.8, 4) is 0 Å². The maximum Gasteiger partial charge on any atom is 0.306 e. The summed E-state index contributed by atoms with van der Waals surface area (Å²) in [6.07, 6.45) is 72.3. The van der Waals surface area contributed by atoms with Crippen LogP contribution in [0.1, 0.15) is 374 Å². The molecule has 0 aromatic heterocycles. The maximum atomic E-state index is 12.9. The van der Waals surface area contributed by atoms with Crippen LogP contribution >= 0.6 is 0 Å². The van der Waals surface area contributed by atoms with Crippen LogP contribution in [0.4, 0.5) is 0 Å². The quantitative estimate of drug-likeness (QED) is 0.0261. The van der Waals surface area contributed by atoms with E-state index in [2.05, 4.69) is 32.9 Å². The van der Waals surface area contributed by atoms with Crippen molar-refractivity contribution >= 4 is 17.9 Å². The first-order valence-electron chi connectivity index (χ1n) is 32.7. The fraction of sp³-hybridized carbons (Fsp3) is 0.924. The van der Waals surface area contributed by atoms with Crippen molar-refractivity contribution < 1.29 is 28.6 Å². The zero-order chi connectivity index (χ0) is 52.2. The van der Waals surface area contributed by atoms with Crippen LogP contribution in [0.15, 0.2) is 12.2 Å². The second-order valence-corrected chi connectivity index (χ2v) is 22.4. The Morgan fingerprint density at radius 3 is 0.694 bits per heavy atom. The van der Waals surface area contributed by atoms with Crippen molar-refractivity contribution in [3.63, 3.8) is 0 Å². The normalized spacial score (nSPS) is 12.0. The molecule has 0 saturated carbocycles. The van der Waals surface area contributed by atoms with Crippen LogP contribution in [0.5, 0.6) is 0 Å². The van der Waals surface area contributed by atoms with Crippen LogP contribution < -0.4 is 0 Å². The molecule has 0 fully saturated rings. The zero-order valence-corrected chi connectivity index (χ0v) is 49.0. The Balaban J connectivity index is 4.19. The van der Waals surface area contributed by atoms with E-state index in [0.717, 1.165) is 57.8 Å². The van der Waals surface area contributed by atoms with E-state index in [0.29, 0.717) is 19.3 Å². The largest absolute Gasteiger partial charge is 0.462 e. The molecule has 0 radical (unpaired) electrons. The van der Waals surface area contributed by atoms with Crippen LogP contribution in [0.3, 0.4) is 0 Å². The summed E-state index contributed by atoms with van der Waals surface area (Å²) in [6, 6.07) is 0. The third-order valence-corrected chi connectivity index (χ3v) is 15.0. The zero-order valence-electron chi connectivity index (χ0n) is 49.0. The molecule has 1 unspecified atom stereocenters. The van der Waals surface area contributed by atoms with Gasteiger partial charge < -0.3 is 14.2 Å². The third-order valence-electron chi connectivity index (χ3n) is 15.0. The van der Waals surface area contributed by atoms with E-state index in [4.69, 9.17) is 14.2 Å². The molecule has 0 aliphatic rings. The van der Waals surface area contributed by atoms with E-state index in [9.17, 15) is 14.4 Å². The summed E-state index contributed by atoms with van der Waals surface area (Å²) in [5.74, 6) is -0.838. The topological polar surface area (TPSA) is 78.9 Å². The fourth-order valence-corrected chi connectivity index (χ4v) is 10.1. The lowest BCUT2D eigenvalue weighted by atomic mass is 10.0. The monoisotopic (exact) mass is 1010 g/mol. The third kappa shape index (κ3) is 59.0. The molecule has 0 aromatic carbocycles. The van der Waals surface area contributed by atoms with Gasteiger partial charge in [0.2, 0.25) is 0 Å². The highest BCUT2D eigenvalue weighted by atomic mass is 16.6. The molecule has 6 heteroatoms. The first-order valence-corrected chi connectivity index (χ1v) is 32.7. The molecule has 0 aromatic rings. The first-order chi connectivity index (χ1) is 35.5. The lowest BCUT2D eigenvalue weighted by molar-refractivity contribution is -0.167. The van der Waals surface area contributed by atoms with E-state index < -0.39 is 6.10 Å². The number of unbranched alkanes of at least 4 members (excludes halogenated alkanes) is 48. The summed E-state index contributed by atoms with van der Waals surface area (Å²) in [5.41, 5.74) is 0. The summed E-state index contributed by atoms with van der Waals surface area (Å²) in [6.45, 7) is 6.70. The van der Waals surface area contributed by atoms with Gasteiger partial charge in [0.15, 0.2) is 6.10 Å². The molecule has 0 saturated heterocycles. The Morgan fingerprint density at radius 1 is 0.264 bits per heavy atom. The average Bonchev–Trinajstić information content (AvgIpc) is 3.38. The molecule has 0 aliphatic carbocycles. The van der Waals surface area contributed by atoms with Gasteiger partial charge in [0.25, 0.3) is 0 Å². The van der Waals surface area contributed by atoms with Crippen LogP contribution in [0, 0.1) is 0 Å².